The Labute approximate surface area is 207 Å². The van der Waals surface area contributed by atoms with Gasteiger partial charge in [0.2, 0.25) is 5.82 Å². The minimum Gasteiger partial charge on any atom is -0.493 e. The number of hydrazone groups is 1. The van der Waals surface area contributed by atoms with E-state index in [1.54, 1.807) is 31.4 Å². The number of benzene rings is 3. The fourth-order valence-electron chi connectivity index (χ4n) is 3.13. The van der Waals surface area contributed by atoms with Crippen molar-refractivity contribution >= 4 is 23.7 Å². The Bertz CT molecular complexity index is 1340. The molecule has 0 saturated heterocycles. The van der Waals surface area contributed by atoms with E-state index in [0.29, 0.717) is 34.5 Å². The number of aryl methyl sites for hydroxylation is 1. The van der Waals surface area contributed by atoms with Crippen molar-refractivity contribution in [1.29, 1.82) is 0 Å². The molecule has 10 heteroatoms. The standard InChI is InChI=1S/C25H23ClN6O3/c1-17-7-9-18(10-8-17)16-35-22-12-11-19(13-23(22)34-2)14-27-28-24(33)15-32-30-25(29-31-32)20-5-3-4-6-21(20)26/h3-14H,15-16H2,1-2H3,(H,28,33)/b27-14-. The van der Waals surface area contributed by atoms with E-state index in [-0.39, 0.29) is 6.54 Å². The number of carbonyl (C=O) groups excluding carboxylic acids is 1. The molecule has 0 radical (unpaired) electrons. The van der Waals surface area contributed by atoms with Crippen LogP contribution < -0.4 is 14.9 Å². The molecule has 4 rings (SSSR count). The summed E-state index contributed by atoms with van der Waals surface area (Å²) in [6.45, 7) is 2.32. The highest BCUT2D eigenvalue weighted by molar-refractivity contribution is 6.33. The van der Waals surface area contributed by atoms with Gasteiger partial charge >= 0.3 is 0 Å². The van der Waals surface area contributed by atoms with Gasteiger partial charge in [-0.15, -0.1) is 10.2 Å². The molecule has 1 N–H and O–H groups in total. The smallest absolute Gasteiger partial charge is 0.263 e. The molecule has 35 heavy (non-hydrogen) atoms. The van der Waals surface area contributed by atoms with Gasteiger partial charge in [0.05, 0.1) is 18.3 Å². The quantitative estimate of drug-likeness (QED) is 0.280. The molecule has 0 aliphatic carbocycles. The number of hydrogen-bond acceptors (Lipinski definition) is 7. The monoisotopic (exact) mass is 490 g/mol. The summed E-state index contributed by atoms with van der Waals surface area (Å²) in [5.74, 6) is 1.10. The number of nitrogens with zero attached hydrogens (tertiary/aromatic N) is 5. The van der Waals surface area contributed by atoms with Crippen LogP contribution in [0.25, 0.3) is 11.4 Å². The van der Waals surface area contributed by atoms with Crippen LogP contribution >= 0.6 is 11.6 Å². The van der Waals surface area contributed by atoms with Gasteiger partial charge in [0, 0.05) is 5.56 Å². The van der Waals surface area contributed by atoms with Gasteiger partial charge in [-0.25, -0.2) is 5.43 Å². The zero-order valence-corrected chi connectivity index (χ0v) is 19.9. The fourth-order valence-corrected chi connectivity index (χ4v) is 3.35. The summed E-state index contributed by atoms with van der Waals surface area (Å²) >= 11 is 6.15. The van der Waals surface area contributed by atoms with Crippen LogP contribution in [-0.4, -0.2) is 39.4 Å². The van der Waals surface area contributed by atoms with Gasteiger partial charge < -0.3 is 9.47 Å². The largest absolute Gasteiger partial charge is 0.493 e. The molecule has 0 atom stereocenters. The Morgan fingerprint density at radius 2 is 1.91 bits per heavy atom. The molecule has 178 valence electrons. The van der Waals surface area contributed by atoms with Crippen LogP contribution in [0.15, 0.2) is 71.8 Å². The van der Waals surface area contributed by atoms with E-state index in [0.717, 1.165) is 11.1 Å². The number of tetrazole rings is 1. The molecular formula is C25H23ClN6O3. The van der Waals surface area contributed by atoms with Crippen LogP contribution in [0.2, 0.25) is 5.02 Å². The molecule has 0 spiro atoms. The van der Waals surface area contributed by atoms with Gasteiger partial charge in [-0.3, -0.25) is 4.79 Å². The lowest BCUT2D eigenvalue weighted by molar-refractivity contribution is -0.122. The van der Waals surface area contributed by atoms with E-state index >= 15 is 0 Å². The van der Waals surface area contributed by atoms with Crippen molar-refractivity contribution in [2.24, 2.45) is 5.10 Å². The number of carbonyl (C=O) groups is 1. The van der Waals surface area contributed by atoms with E-state index in [2.05, 4.69) is 25.9 Å². The maximum Gasteiger partial charge on any atom is 0.263 e. The predicted octanol–water partition coefficient (Wildman–Crippen LogP) is 4.04. The van der Waals surface area contributed by atoms with Crippen molar-refractivity contribution < 1.29 is 14.3 Å². The van der Waals surface area contributed by atoms with Crippen LogP contribution in [0, 0.1) is 6.92 Å². The van der Waals surface area contributed by atoms with Crippen molar-refractivity contribution in [3.8, 4) is 22.9 Å². The van der Waals surface area contributed by atoms with Gasteiger partial charge in [0.15, 0.2) is 11.5 Å². The lowest BCUT2D eigenvalue weighted by atomic mass is 10.2. The Morgan fingerprint density at radius 1 is 1.11 bits per heavy atom. The first-order valence-electron chi connectivity index (χ1n) is 10.7. The molecule has 0 aliphatic heterocycles. The summed E-state index contributed by atoms with van der Waals surface area (Å²) in [6.07, 6.45) is 1.51. The number of hydrogen-bond donors (Lipinski definition) is 1. The van der Waals surface area contributed by atoms with Gasteiger partial charge in [-0.1, -0.05) is 53.6 Å². The second-order valence-corrected chi connectivity index (χ2v) is 8.01. The molecular weight excluding hydrogens is 468 g/mol. The maximum atomic E-state index is 12.2. The van der Waals surface area contributed by atoms with Gasteiger partial charge in [-0.05, 0) is 53.6 Å². The van der Waals surface area contributed by atoms with E-state index in [1.165, 1.54) is 16.6 Å². The van der Waals surface area contributed by atoms with Crippen LogP contribution in [0.4, 0.5) is 0 Å². The Kier molecular flexibility index (Phi) is 7.69. The number of aromatic nitrogens is 4. The average Bonchev–Trinajstić information content (AvgIpc) is 3.32. The van der Waals surface area contributed by atoms with Crippen LogP contribution in [0.3, 0.4) is 0 Å². The Hall–Kier alpha value is -4.24. The first-order chi connectivity index (χ1) is 17.0. The van der Waals surface area contributed by atoms with E-state index in [9.17, 15) is 4.79 Å². The summed E-state index contributed by atoms with van der Waals surface area (Å²) in [6, 6.07) is 20.7. The van der Waals surface area contributed by atoms with Crippen molar-refractivity contribution in [3.63, 3.8) is 0 Å². The van der Waals surface area contributed by atoms with E-state index < -0.39 is 5.91 Å². The van der Waals surface area contributed by atoms with Crippen molar-refractivity contribution in [2.75, 3.05) is 7.11 Å². The minimum atomic E-state index is -0.408. The number of halogens is 1. The van der Waals surface area contributed by atoms with Crippen LogP contribution in [0.1, 0.15) is 16.7 Å². The molecule has 0 unspecified atom stereocenters. The molecule has 1 amide bonds. The highest BCUT2D eigenvalue weighted by Crippen LogP contribution is 2.28. The van der Waals surface area contributed by atoms with Crippen LogP contribution in [-0.2, 0) is 17.9 Å². The van der Waals surface area contributed by atoms with Crippen molar-refractivity contribution in [1.82, 2.24) is 25.6 Å². The predicted molar refractivity (Wildman–Crippen MR) is 133 cm³/mol. The topological polar surface area (TPSA) is 104 Å². The molecule has 1 heterocycles. The molecule has 3 aromatic carbocycles. The summed E-state index contributed by atoms with van der Waals surface area (Å²) in [7, 11) is 1.57. The second-order valence-electron chi connectivity index (χ2n) is 7.60. The highest BCUT2D eigenvalue weighted by atomic mass is 35.5. The van der Waals surface area contributed by atoms with Crippen molar-refractivity contribution in [3.05, 3.63) is 88.4 Å². The van der Waals surface area contributed by atoms with Gasteiger partial charge in [-0.2, -0.15) is 9.90 Å². The molecule has 0 bridgehead atoms. The number of amides is 1. The Morgan fingerprint density at radius 3 is 2.69 bits per heavy atom. The lowest BCUT2D eigenvalue weighted by Gasteiger charge is -2.11. The minimum absolute atomic E-state index is 0.149. The normalized spacial score (nSPS) is 10.9. The lowest BCUT2D eigenvalue weighted by Crippen LogP contribution is -2.24. The van der Waals surface area contributed by atoms with E-state index in [4.69, 9.17) is 21.1 Å². The first-order valence-corrected chi connectivity index (χ1v) is 11.1. The third kappa shape index (κ3) is 6.42. The number of methoxy groups -OCH3 is 1. The number of nitrogens with one attached hydrogen (secondary N) is 1. The Balaban J connectivity index is 1.32. The number of ether oxygens (including phenoxy) is 2. The fraction of sp³-hybridized carbons (Fsp3) is 0.160. The average molecular weight is 491 g/mol. The molecule has 9 nitrogen and oxygen atoms in total. The highest BCUT2D eigenvalue weighted by Gasteiger charge is 2.11. The zero-order valence-electron chi connectivity index (χ0n) is 19.2. The van der Waals surface area contributed by atoms with Gasteiger partial charge in [0.25, 0.3) is 5.91 Å². The SMILES string of the molecule is COc1cc(/C=N\NC(=O)Cn2nnc(-c3ccccc3Cl)n2)ccc1OCc1ccc(C)cc1. The molecule has 0 aliphatic rings. The summed E-state index contributed by atoms with van der Waals surface area (Å²) < 4.78 is 11.3. The first kappa shape index (κ1) is 23.9. The summed E-state index contributed by atoms with van der Waals surface area (Å²) in [5.41, 5.74) is 6.07. The molecule has 4 aromatic rings. The third-order valence-corrected chi connectivity index (χ3v) is 5.29. The summed E-state index contributed by atoms with van der Waals surface area (Å²) in [5, 5.41) is 16.5. The van der Waals surface area contributed by atoms with Crippen LogP contribution in [0.5, 0.6) is 11.5 Å². The molecule has 0 fully saturated rings. The van der Waals surface area contributed by atoms with E-state index in [1.807, 2.05) is 49.4 Å². The third-order valence-electron chi connectivity index (χ3n) is 4.96. The zero-order chi connectivity index (χ0) is 24.6. The van der Waals surface area contributed by atoms with Gasteiger partial charge in [0.1, 0.15) is 13.2 Å². The summed E-state index contributed by atoms with van der Waals surface area (Å²) in [4.78, 5) is 13.4. The molecule has 1 aromatic heterocycles. The second kappa shape index (κ2) is 11.3. The number of rotatable bonds is 9. The molecule has 0 saturated carbocycles. The maximum absolute atomic E-state index is 12.2. The van der Waals surface area contributed by atoms with Crippen molar-refractivity contribution in [2.45, 2.75) is 20.1 Å².